The number of halogens is 2. The Bertz CT molecular complexity index is 443. The second kappa shape index (κ2) is 4.26. The van der Waals surface area contributed by atoms with Crippen molar-refractivity contribution < 1.29 is 8.78 Å². The quantitative estimate of drug-likeness (QED) is 0.882. The molecule has 0 spiro atoms. The maximum Gasteiger partial charge on any atom is 0.248 e. The van der Waals surface area contributed by atoms with Crippen molar-refractivity contribution in [2.24, 2.45) is 0 Å². The van der Waals surface area contributed by atoms with Crippen molar-refractivity contribution in [1.82, 2.24) is 20.1 Å². The Balaban J connectivity index is 1.88. The highest BCUT2D eigenvalue weighted by atomic mass is 19.3. The first-order valence-corrected chi connectivity index (χ1v) is 6.65. The van der Waals surface area contributed by atoms with Gasteiger partial charge < -0.3 is 9.88 Å². The van der Waals surface area contributed by atoms with E-state index in [2.05, 4.69) is 27.0 Å². The zero-order chi connectivity index (χ0) is 12.8. The van der Waals surface area contributed by atoms with Crippen LogP contribution < -0.4 is 5.32 Å². The number of aromatic nitrogens is 3. The summed E-state index contributed by atoms with van der Waals surface area (Å²) in [5.74, 6) is -0.971. The summed E-state index contributed by atoms with van der Waals surface area (Å²) in [5, 5.41) is 11.8. The maximum atomic E-state index is 13.3. The zero-order valence-corrected chi connectivity index (χ0v) is 10.5. The van der Waals surface area contributed by atoms with Crippen molar-refractivity contribution in [1.29, 1.82) is 0 Å². The molecule has 0 saturated heterocycles. The smallest absolute Gasteiger partial charge is 0.248 e. The first kappa shape index (κ1) is 12.0. The van der Waals surface area contributed by atoms with E-state index in [1.165, 1.54) is 0 Å². The number of rotatable bonds is 2. The van der Waals surface area contributed by atoms with Crippen LogP contribution in [-0.2, 0) is 6.54 Å². The molecule has 18 heavy (non-hydrogen) atoms. The Hall–Kier alpha value is -1.04. The first-order chi connectivity index (χ1) is 8.61. The minimum atomic E-state index is -2.52. The molecular formula is C12H18F2N4. The normalized spacial score (nSPS) is 30.4. The molecule has 6 heteroatoms. The average Bonchev–Trinajstić information content (AvgIpc) is 2.91. The third kappa shape index (κ3) is 1.92. The summed E-state index contributed by atoms with van der Waals surface area (Å²) in [4.78, 5) is 0. The van der Waals surface area contributed by atoms with Gasteiger partial charge in [0.05, 0.1) is 6.04 Å². The van der Waals surface area contributed by atoms with Crippen molar-refractivity contribution in [2.75, 3.05) is 6.54 Å². The largest absolute Gasteiger partial charge is 0.312 e. The highest BCUT2D eigenvalue weighted by molar-refractivity contribution is 5.10. The van der Waals surface area contributed by atoms with Crippen LogP contribution in [0.5, 0.6) is 0 Å². The summed E-state index contributed by atoms with van der Waals surface area (Å²) in [7, 11) is 0. The number of nitrogens with zero attached hydrogens (tertiary/aromatic N) is 3. The molecule has 1 fully saturated rings. The lowest BCUT2D eigenvalue weighted by molar-refractivity contribution is 0.00743. The van der Waals surface area contributed by atoms with Crippen LogP contribution in [-0.4, -0.2) is 27.2 Å². The lowest BCUT2D eigenvalue weighted by Crippen LogP contribution is -2.34. The van der Waals surface area contributed by atoms with Gasteiger partial charge in [0.1, 0.15) is 11.6 Å². The fourth-order valence-corrected chi connectivity index (χ4v) is 3.06. The summed E-state index contributed by atoms with van der Waals surface area (Å²) in [6.07, 6.45) is 1.37. The van der Waals surface area contributed by atoms with Crippen LogP contribution in [0.15, 0.2) is 0 Å². The van der Waals surface area contributed by atoms with Gasteiger partial charge in [-0.1, -0.05) is 6.92 Å². The minimum absolute atomic E-state index is 0.0185. The first-order valence-electron chi connectivity index (χ1n) is 6.65. The standard InChI is InChI=1S/C12H18F2N4/c1-2-9-11-17-16-10(18(11)6-5-15-9)8-3-4-12(13,14)7-8/h8-9,15H,2-7H2,1H3. The Morgan fingerprint density at radius 1 is 1.39 bits per heavy atom. The summed E-state index contributed by atoms with van der Waals surface area (Å²) < 4.78 is 28.6. The average molecular weight is 256 g/mol. The minimum Gasteiger partial charge on any atom is -0.312 e. The molecule has 2 unspecified atom stereocenters. The third-order valence-corrected chi connectivity index (χ3v) is 4.02. The fraction of sp³-hybridized carbons (Fsp3) is 0.833. The molecule has 2 heterocycles. The maximum absolute atomic E-state index is 13.3. The molecule has 1 aromatic rings. The molecule has 2 atom stereocenters. The Labute approximate surface area is 105 Å². The molecule has 0 amide bonds. The van der Waals surface area contributed by atoms with Gasteiger partial charge in [0.2, 0.25) is 5.92 Å². The summed E-state index contributed by atoms with van der Waals surface area (Å²) in [6.45, 7) is 3.74. The van der Waals surface area contributed by atoms with E-state index in [9.17, 15) is 8.78 Å². The molecule has 4 nitrogen and oxygen atoms in total. The van der Waals surface area contributed by atoms with E-state index >= 15 is 0 Å². The van der Waals surface area contributed by atoms with Gasteiger partial charge in [-0.25, -0.2) is 8.78 Å². The van der Waals surface area contributed by atoms with Crippen molar-refractivity contribution in [2.45, 2.75) is 57.0 Å². The van der Waals surface area contributed by atoms with Gasteiger partial charge >= 0.3 is 0 Å². The Morgan fingerprint density at radius 3 is 2.83 bits per heavy atom. The van der Waals surface area contributed by atoms with Crippen LogP contribution in [0, 0.1) is 0 Å². The van der Waals surface area contributed by atoms with E-state index < -0.39 is 5.92 Å². The summed E-state index contributed by atoms with van der Waals surface area (Å²) in [5.41, 5.74) is 0. The van der Waals surface area contributed by atoms with Gasteiger partial charge in [-0.05, 0) is 12.8 Å². The number of alkyl halides is 2. The zero-order valence-electron chi connectivity index (χ0n) is 10.5. The van der Waals surface area contributed by atoms with E-state index in [-0.39, 0.29) is 24.8 Å². The van der Waals surface area contributed by atoms with Crippen molar-refractivity contribution >= 4 is 0 Å². The van der Waals surface area contributed by atoms with Crippen molar-refractivity contribution in [3.05, 3.63) is 11.6 Å². The molecule has 3 rings (SSSR count). The molecule has 1 saturated carbocycles. The number of nitrogens with one attached hydrogen (secondary N) is 1. The van der Waals surface area contributed by atoms with Crippen LogP contribution in [0.4, 0.5) is 8.78 Å². The highest BCUT2D eigenvalue weighted by Crippen LogP contribution is 2.44. The molecule has 0 aromatic carbocycles. The predicted molar refractivity (Wildman–Crippen MR) is 62.6 cm³/mol. The van der Waals surface area contributed by atoms with E-state index in [1.807, 2.05) is 0 Å². The van der Waals surface area contributed by atoms with Crippen molar-refractivity contribution in [3.8, 4) is 0 Å². The molecular weight excluding hydrogens is 238 g/mol. The Morgan fingerprint density at radius 2 is 2.17 bits per heavy atom. The van der Waals surface area contributed by atoms with Gasteiger partial charge in [0, 0.05) is 31.8 Å². The molecule has 1 aromatic heterocycles. The number of hydrogen-bond acceptors (Lipinski definition) is 3. The highest BCUT2D eigenvalue weighted by Gasteiger charge is 2.42. The molecule has 100 valence electrons. The van der Waals surface area contributed by atoms with E-state index in [4.69, 9.17) is 0 Å². The van der Waals surface area contributed by atoms with Gasteiger partial charge in [-0.2, -0.15) is 0 Å². The SMILES string of the molecule is CCC1NCCn2c(C3CCC(F)(F)C3)nnc21. The van der Waals surface area contributed by atoms with E-state index in [0.29, 0.717) is 6.42 Å². The topological polar surface area (TPSA) is 42.7 Å². The van der Waals surface area contributed by atoms with Gasteiger partial charge in [-0.15, -0.1) is 10.2 Å². The lowest BCUT2D eigenvalue weighted by Gasteiger charge is -2.25. The van der Waals surface area contributed by atoms with E-state index in [0.717, 1.165) is 31.2 Å². The molecule has 0 radical (unpaired) electrons. The lowest BCUT2D eigenvalue weighted by atomic mass is 10.1. The predicted octanol–water partition coefficient (Wildman–Crippen LogP) is 2.24. The molecule has 0 bridgehead atoms. The van der Waals surface area contributed by atoms with Crippen LogP contribution >= 0.6 is 0 Å². The monoisotopic (exact) mass is 256 g/mol. The second-order valence-corrected chi connectivity index (χ2v) is 5.28. The van der Waals surface area contributed by atoms with Crippen LogP contribution in [0.25, 0.3) is 0 Å². The fourth-order valence-electron chi connectivity index (χ4n) is 3.06. The third-order valence-electron chi connectivity index (χ3n) is 4.02. The van der Waals surface area contributed by atoms with Crippen LogP contribution in [0.3, 0.4) is 0 Å². The van der Waals surface area contributed by atoms with Gasteiger partial charge in [0.25, 0.3) is 0 Å². The summed E-state index contributed by atoms with van der Waals surface area (Å²) >= 11 is 0. The second-order valence-electron chi connectivity index (χ2n) is 5.28. The van der Waals surface area contributed by atoms with Gasteiger partial charge in [-0.3, -0.25) is 0 Å². The molecule has 2 aliphatic rings. The Kier molecular flexibility index (Phi) is 2.84. The van der Waals surface area contributed by atoms with Crippen LogP contribution in [0.1, 0.15) is 56.2 Å². The number of fused-ring (bicyclic) bond motifs is 1. The number of hydrogen-bond donors (Lipinski definition) is 1. The summed E-state index contributed by atoms with van der Waals surface area (Å²) in [6, 6.07) is 0.210. The molecule has 1 aliphatic heterocycles. The van der Waals surface area contributed by atoms with Gasteiger partial charge in [0.15, 0.2) is 0 Å². The molecule has 1 N–H and O–H groups in total. The molecule has 1 aliphatic carbocycles. The van der Waals surface area contributed by atoms with Crippen LogP contribution in [0.2, 0.25) is 0 Å². The van der Waals surface area contributed by atoms with E-state index in [1.54, 1.807) is 0 Å². The van der Waals surface area contributed by atoms with Crippen molar-refractivity contribution in [3.63, 3.8) is 0 Å².